The normalized spacial score (nSPS) is 10.8. The van der Waals surface area contributed by atoms with Crippen LogP contribution in [0, 0.1) is 0 Å². The number of imidazole rings is 1. The number of pyridine rings is 1. The van der Waals surface area contributed by atoms with Crippen LogP contribution in [0.25, 0.3) is 27.7 Å². The number of nitrogens with one attached hydrogen (secondary N) is 2. The van der Waals surface area contributed by atoms with Gasteiger partial charge in [0.15, 0.2) is 0 Å². The number of nitrogens with zero attached hydrogens (tertiary/aromatic N) is 2. The fourth-order valence-electron chi connectivity index (χ4n) is 3.65. The van der Waals surface area contributed by atoms with Crippen LogP contribution in [0.1, 0.15) is 19.4 Å². The summed E-state index contributed by atoms with van der Waals surface area (Å²) in [7, 11) is 1.32. The Labute approximate surface area is 185 Å². The minimum atomic E-state index is -0.534. The highest BCUT2D eigenvalue weighted by atomic mass is 16.5. The van der Waals surface area contributed by atoms with E-state index >= 15 is 0 Å². The zero-order valence-electron chi connectivity index (χ0n) is 18.1. The van der Waals surface area contributed by atoms with Gasteiger partial charge in [-0.25, -0.2) is 9.78 Å². The first-order valence-electron chi connectivity index (χ1n) is 10.3. The molecule has 8 heteroatoms. The summed E-state index contributed by atoms with van der Waals surface area (Å²) in [5.74, 6) is 0.504. The standard InChI is InChI=1S/C24H24N4O4/c1-4-25-23-21(19-8-6-5-7-17(19)14-32-15(2)29)27-22-20-13-18(26-24(30)31-3)10-9-16(20)11-12-28(22)23/h5-13,25H,4,14H2,1-3H3,(H,26,30). The summed E-state index contributed by atoms with van der Waals surface area (Å²) in [5.41, 5.74) is 3.85. The van der Waals surface area contributed by atoms with E-state index in [1.165, 1.54) is 14.0 Å². The van der Waals surface area contributed by atoms with Gasteiger partial charge in [0, 0.05) is 36.3 Å². The molecule has 0 saturated heterocycles. The molecule has 2 heterocycles. The molecule has 0 fully saturated rings. The van der Waals surface area contributed by atoms with Crippen molar-refractivity contribution in [1.82, 2.24) is 9.38 Å². The van der Waals surface area contributed by atoms with Crippen molar-refractivity contribution in [2.24, 2.45) is 0 Å². The predicted octanol–water partition coefficient (Wildman–Crippen LogP) is 4.83. The number of ether oxygens (including phenoxy) is 2. The lowest BCUT2D eigenvalue weighted by Gasteiger charge is -2.11. The minimum absolute atomic E-state index is 0.166. The number of carbonyl (C=O) groups is 2. The molecular weight excluding hydrogens is 408 g/mol. The van der Waals surface area contributed by atoms with Crippen molar-refractivity contribution in [2.75, 3.05) is 24.3 Å². The Bertz CT molecular complexity index is 1310. The van der Waals surface area contributed by atoms with E-state index in [2.05, 4.69) is 10.6 Å². The fourth-order valence-corrected chi connectivity index (χ4v) is 3.65. The Hall–Kier alpha value is -4.07. The number of rotatable bonds is 6. The topological polar surface area (TPSA) is 94.0 Å². The summed E-state index contributed by atoms with van der Waals surface area (Å²) in [4.78, 5) is 28.0. The second-order valence-corrected chi connectivity index (χ2v) is 7.20. The molecule has 2 N–H and O–H groups in total. The molecule has 0 aliphatic rings. The highest BCUT2D eigenvalue weighted by molar-refractivity contribution is 6.00. The van der Waals surface area contributed by atoms with Gasteiger partial charge in [-0.05, 0) is 36.1 Å². The number of methoxy groups -OCH3 is 1. The minimum Gasteiger partial charge on any atom is -0.461 e. The molecule has 32 heavy (non-hydrogen) atoms. The van der Waals surface area contributed by atoms with Crippen LogP contribution < -0.4 is 10.6 Å². The molecule has 2 aromatic carbocycles. The summed E-state index contributed by atoms with van der Waals surface area (Å²) < 4.78 is 11.9. The molecule has 8 nitrogen and oxygen atoms in total. The van der Waals surface area contributed by atoms with Crippen molar-refractivity contribution >= 4 is 40.0 Å². The first kappa shape index (κ1) is 21.2. The number of amides is 1. The van der Waals surface area contributed by atoms with Gasteiger partial charge in [0.25, 0.3) is 0 Å². The molecule has 0 atom stereocenters. The molecule has 0 aliphatic carbocycles. The molecule has 0 aliphatic heterocycles. The van der Waals surface area contributed by atoms with Crippen LogP contribution in [0.5, 0.6) is 0 Å². The highest BCUT2D eigenvalue weighted by Crippen LogP contribution is 2.34. The maximum Gasteiger partial charge on any atom is 0.411 e. The summed E-state index contributed by atoms with van der Waals surface area (Å²) >= 11 is 0. The van der Waals surface area contributed by atoms with E-state index in [4.69, 9.17) is 14.5 Å². The van der Waals surface area contributed by atoms with Crippen molar-refractivity contribution in [1.29, 1.82) is 0 Å². The van der Waals surface area contributed by atoms with E-state index in [1.54, 1.807) is 0 Å². The van der Waals surface area contributed by atoms with Gasteiger partial charge in [0.2, 0.25) is 0 Å². The SMILES string of the molecule is CCNc1c(-c2ccccc2COC(C)=O)nc2c3cc(NC(=O)OC)ccc3ccn12. The number of carbonyl (C=O) groups excluding carboxylic acids is 2. The number of fused-ring (bicyclic) bond motifs is 3. The average molecular weight is 432 g/mol. The summed E-state index contributed by atoms with van der Waals surface area (Å²) in [6, 6.07) is 15.4. The molecule has 0 spiro atoms. The number of aromatic nitrogens is 2. The third-order valence-electron chi connectivity index (χ3n) is 5.09. The van der Waals surface area contributed by atoms with Crippen molar-refractivity contribution < 1.29 is 19.1 Å². The van der Waals surface area contributed by atoms with Gasteiger partial charge in [0.1, 0.15) is 23.8 Å². The lowest BCUT2D eigenvalue weighted by atomic mass is 10.1. The van der Waals surface area contributed by atoms with Crippen LogP contribution in [0.3, 0.4) is 0 Å². The number of hydrogen-bond donors (Lipinski definition) is 2. The summed E-state index contributed by atoms with van der Waals surface area (Å²) in [5, 5.41) is 7.98. The molecular formula is C24H24N4O4. The van der Waals surface area contributed by atoms with Crippen molar-refractivity contribution in [3.63, 3.8) is 0 Å². The lowest BCUT2D eigenvalue weighted by molar-refractivity contribution is -0.142. The van der Waals surface area contributed by atoms with Crippen molar-refractivity contribution in [3.8, 4) is 11.3 Å². The monoisotopic (exact) mass is 432 g/mol. The second kappa shape index (κ2) is 8.97. The van der Waals surface area contributed by atoms with Gasteiger partial charge >= 0.3 is 12.1 Å². The molecule has 0 radical (unpaired) electrons. The van der Waals surface area contributed by atoms with E-state index in [-0.39, 0.29) is 12.6 Å². The smallest absolute Gasteiger partial charge is 0.411 e. The van der Waals surface area contributed by atoms with Crippen LogP contribution in [0.15, 0.2) is 54.7 Å². The van der Waals surface area contributed by atoms with E-state index in [1.807, 2.05) is 66.1 Å². The summed E-state index contributed by atoms with van der Waals surface area (Å²) in [6.45, 7) is 4.28. The number of benzene rings is 2. The molecule has 0 bridgehead atoms. The van der Waals surface area contributed by atoms with E-state index in [0.29, 0.717) is 12.2 Å². The molecule has 1 amide bonds. The van der Waals surface area contributed by atoms with Gasteiger partial charge in [-0.15, -0.1) is 0 Å². The average Bonchev–Trinajstić information content (AvgIpc) is 3.16. The molecule has 4 rings (SSSR count). The van der Waals surface area contributed by atoms with Gasteiger partial charge in [0.05, 0.1) is 7.11 Å². The maximum atomic E-state index is 11.7. The van der Waals surface area contributed by atoms with Gasteiger partial charge < -0.3 is 14.8 Å². The molecule has 2 aromatic heterocycles. The van der Waals surface area contributed by atoms with Crippen LogP contribution in [0.2, 0.25) is 0 Å². The fraction of sp³-hybridized carbons (Fsp3) is 0.208. The Kier molecular flexibility index (Phi) is 5.93. The predicted molar refractivity (Wildman–Crippen MR) is 124 cm³/mol. The van der Waals surface area contributed by atoms with Gasteiger partial charge in [-0.3, -0.25) is 14.5 Å². The summed E-state index contributed by atoms with van der Waals surface area (Å²) in [6.07, 6.45) is 1.43. The first-order chi connectivity index (χ1) is 15.5. The Morgan fingerprint density at radius 3 is 2.69 bits per heavy atom. The zero-order chi connectivity index (χ0) is 22.7. The van der Waals surface area contributed by atoms with E-state index in [0.717, 1.165) is 39.1 Å². The number of hydrogen-bond acceptors (Lipinski definition) is 6. The van der Waals surface area contributed by atoms with Crippen LogP contribution in [-0.4, -0.2) is 35.1 Å². The lowest BCUT2D eigenvalue weighted by Crippen LogP contribution is -2.10. The molecule has 4 aromatic rings. The third kappa shape index (κ3) is 4.07. The quantitative estimate of drug-likeness (QED) is 0.424. The number of esters is 1. The Morgan fingerprint density at radius 2 is 1.94 bits per heavy atom. The van der Waals surface area contributed by atoms with E-state index in [9.17, 15) is 9.59 Å². The second-order valence-electron chi connectivity index (χ2n) is 7.20. The van der Waals surface area contributed by atoms with E-state index < -0.39 is 6.09 Å². The van der Waals surface area contributed by atoms with Gasteiger partial charge in [-0.2, -0.15) is 0 Å². The van der Waals surface area contributed by atoms with Crippen LogP contribution in [0.4, 0.5) is 16.3 Å². The highest BCUT2D eigenvalue weighted by Gasteiger charge is 2.18. The molecule has 0 unspecified atom stereocenters. The first-order valence-corrected chi connectivity index (χ1v) is 10.3. The number of anilines is 2. The van der Waals surface area contributed by atoms with Crippen LogP contribution >= 0.6 is 0 Å². The van der Waals surface area contributed by atoms with Crippen molar-refractivity contribution in [2.45, 2.75) is 20.5 Å². The van der Waals surface area contributed by atoms with Gasteiger partial charge in [-0.1, -0.05) is 30.3 Å². The maximum absolute atomic E-state index is 11.7. The van der Waals surface area contributed by atoms with Crippen LogP contribution in [-0.2, 0) is 20.9 Å². The Morgan fingerprint density at radius 1 is 1.12 bits per heavy atom. The zero-order valence-corrected chi connectivity index (χ0v) is 18.1. The third-order valence-corrected chi connectivity index (χ3v) is 5.09. The molecule has 0 saturated carbocycles. The molecule has 164 valence electrons. The Balaban J connectivity index is 1.91. The largest absolute Gasteiger partial charge is 0.461 e. The van der Waals surface area contributed by atoms with Crippen molar-refractivity contribution in [3.05, 3.63) is 60.3 Å².